The van der Waals surface area contributed by atoms with Crippen molar-refractivity contribution in [1.29, 1.82) is 5.26 Å². The summed E-state index contributed by atoms with van der Waals surface area (Å²) < 4.78 is 6.72. The molecule has 0 fully saturated rings. The molecule has 9 heteroatoms. The number of carbonyl (C=O) groups is 1. The van der Waals surface area contributed by atoms with Gasteiger partial charge in [0.05, 0.1) is 15.7 Å². The number of carboxylic acid groups (broad SMARTS) is 1. The lowest BCUT2D eigenvalue weighted by Gasteiger charge is -2.10. The van der Waals surface area contributed by atoms with Crippen LogP contribution < -0.4 is 4.74 Å². The van der Waals surface area contributed by atoms with Crippen LogP contribution in [0.15, 0.2) is 22.1 Å². The molecule has 120 valence electrons. The van der Waals surface area contributed by atoms with Gasteiger partial charge in [-0.15, -0.1) is 0 Å². The van der Waals surface area contributed by atoms with Crippen LogP contribution in [0.1, 0.15) is 11.3 Å². The van der Waals surface area contributed by atoms with Gasteiger partial charge >= 0.3 is 5.97 Å². The summed E-state index contributed by atoms with van der Waals surface area (Å²) in [5.41, 5.74) is 1.07. The molecule has 0 saturated carbocycles. The van der Waals surface area contributed by atoms with E-state index in [9.17, 15) is 10.1 Å². The Balaban J connectivity index is 2.39. The number of rotatable bonds is 5. The van der Waals surface area contributed by atoms with E-state index in [0.29, 0.717) is 26.2 Å². The molecule has 0 unspecified atom stereocenters. The largest absolute Gasteiger partial charge is 0.480 e. The normalized spacial score (nSPS) is 10.4. The fraction of sp³-hybridized carbons (Fsp3) is 0.214. The van der Waals surface area contributed by atoms with Gasteiger partial charge < -0.3 is 9.84 Å². The van der Waals surface area contributed by atoms with Crippen LogP contribution in [0, 0.1) is 18.3 Å². The van der Waals surface area contributed by atoms with Crippen molar-refractivity contribution in [3.63, 3.8) is 0 Å². The van der Waals surface area contributed by atoms with E-state index < -0.39 is 12.6 Å². The van der Waals surface area contributed by atoms with Crippen molar-refractivity contribution in [2.75, 3.05) is 6.61 Å². The molecule has 23 heavy (non-hydrogen) atoms. The van der Waals surface area contributed by atoms with Crippen molar-refractivity contribution in [2.45, 2.75) is 16.8 Å². The second-order valence-electron chi connectivity index (χ2n) is 4.50. The lowest BCUT2D eigenvalue weighted by molar-refractivity contribution is -0.139. The Hall–Kier alpha value is -1.88. The molecule has 0 spiro atoms. The van der Waals surface area contributed by atoms with E-state index in [0.717, 1.165) is 0 Å². The summed E-state index contributed by atoms with van der Waals surface area (Å²) in [4.78, 5) is 11.2. The molecule has 0 bridgehead atoms. The highest BCUT2D eigenvalue weighted by Gasteiger charge is 2.17. The summed E-state index contributed by atoms with van der Waals surface area (Å²) >= 11 is 13.4. The topological polar surface area (TPSA) is 88.1 Å². The minimum atomic E-state index is -1.11. The number of nitriles is 1. The predicted molar refractivity (Wildman–Crippen MR) is 86.4 cm³/mol. The van der Waals surface area contributed by atoms with Gasteiger partial charge in [0.2, 0.25) is 0 Å². The molecule has 0 amide bonds. The third-order valence-electron chi connectivity index (χ3n) is 2.83. The zero-order chi connectivity index (χ0) is 17.1. The molecule has 0 radical (unpaired) electrons. The summed E-state index contributed by atoms with van der Waals surface area (Å²) in [7, 11) is 1.72. The standard InChI is InChI=1S/C14H11Cl2N3O3S/c1-7-8(5-17)14(19(2)18-7)23-12-4-11(22-6-13(20)21)9(15)3-10(12)16/h3-4H,6H2,1-2H3,(H,20,21). The van der Waals surface area contributed by atoms with Gasteiger partial charge in [0.15, 0.2) is 6.61 Å². The average Bonchev–Trinajstić information content (AvgIpc) is 2.73. The van der Waals surface area contributed by atoms with E-state index in [1.54, 1.807) is 24.7 Å². The minimum Gasteiger partial charge on any atom is -0.480 e. The second-order valence-corrected chi connectivity index (χ2v) is 6.34. The number of hydrogen-bond acceptors (Lipinski definition) is 5. The summed E-state index contributed by atoms with van der Waals surface area (Å²) in [5.74, 6) is -0.905. The summed E-state index contributed by atoms with van der Waals surface area (Å²) in [5, 5.41) is 23.3. The van der Waals surface area contributed by atoms with Crippen molar-refractivity contribution in [3.8, 4) is 11.8 Å². The Labute approximate surface area is 146 Å². The number of aliphatic carboxylic acids is 1. The van der Waals surface area contributed by atoms with Gasteiger partial charge in [0, 0.05) is 11.9 Å². The quantitative estimate of drug-likeness (QED) is 0.864. The molecule has 1 aromatic carbocycles. The Kier molecular flexibility index (Phi) is 5.42. The van der Waals surface area contributed by atoms with Crippen LogP contribution in [0.3, 0.4) is 0 Å². The molecule has 0 atom stereocenters. The smallest absolute Gasteiger partial charge is 0.341 e. The molecule has 0 aliphatic heterocycles. The Morgan fingerprint density at radius 1 is 1.48 bits per heavy atom. The lowest BCUT2D eigenvalue weighted by atomic mass is 10.3. The number of carboxylic acids is 1. The van der Waals surface area contributed by atoms with E-state index in [4.69, 9.17) is 33.0 Å². The fourth-order valence-corrected chi connectivity index (χ4v) is 3.38. The third-order valence-corrected chi connectivity index (χ3v) is 4.77. The van der Waals surface area contributed by atoms with Crippen LogP contribution in [-0.4, -0.2) is 27.5 Å². The van der Waals surface area contributed by atoms with Crippen LogP contribution >= 0.6 is 35.0 Å². The van der Waals surface area contributed by atoms with Crippen molar-refractivity contribution >= 4 is 40.9 Å². The fourth-order valence-electron chi connectivity index (χ4n) is 1.83. The van der Waals surface area contributed by atoms with E-state index in [-0.39, 0.29) is 10.8 Å². The van der Waals surface area contributed by atoms with Crippen LogP contribution in [0.25, 0.3) is 0 Å². The first kappa shape index (κ1) is 17.5. The number of benzene rings is 1. The van der Waals surface area contributed by atoms with Crippen LogP contribution in [-0.2, 0) is 11.8 Å². The highest BCUT2D eigenvalue weighted by Crippen LogP contribution is 2.40. The predicted octanol–water partition coefficient (Wildman–Crippen LogP) is 3.52. The molecule has 2 rings (SSSR count). The van der Waals surface area contributed by atoms with Crippen molar-refractivity contribution in [3.05, 3.63) is 33.4 Å². The van der Waals surface area contributed by atoms with Crippen molar-refractivity contribution in [1.82, 2.24) is 9.78 Å². The molecule has 1 aromatic heterocycles. The van der Waals surface area contributed by atoms with Crippen LogP contribution in [0.5, 0.6) is 5.75 Å². The average molecular weight is 372 g/mol. The maximum atomic E-state index is 10.6. The maximum Gasteiger partial charge on any atom is 0.341 e. The first-order valence-corrected chi connectivity index (χ1v) is 7.86. The summed E-state index contributed by atoms with van der Waals surface area (Å²) in [6, 6.07) is 5.12. The van der Waals surface area contributed by atoms with Gasteiger partial charge in [-0.2, -0.15) is 10.4 Å². The molecule has 6 nitrogen and oxygen atoms in total. The van der Waals surface area contributed by atoms with Gasteiger partial charge in [0.25, 0.3) is 0 Å². The van der Waals surface area contributed by atoms with E-state index in [2.05, 4.69) is 11.2 Å². The van der Waals surface area contributed by atoms with Gasteiger partial charge in [0.1, 0.15) is 22.4 Å². The molecular weight excluding hydrogens is 361 g/mol. The maximum absolute atomic E-state index is 10.6. The van der Waals surface area contributed by atoms with Crippen molar-refractivity contribution in [2.24, 2.45) is 7.05 Å². The third kappa shape index (κ3) is 3.91. The molecule has 1 heterocycles. The lowest BCUT2D eigenvalue weighted by Crippen LogP contribution is -2.09. The van der Waals surface area contributed by atoms with Crippen molar-refractivity contribution < 1.29 is 14.6 Å². The van der Waals surface area contributed by atoms with E-state index in [1.807, 2.05) is 0 Å². The molecule has 0 saturated heterocycles. The molecule has 2 aromatic rings. The molecule has 0 aliphatic carbocycles. The van der Waals surface area contributed by atoms with E-state index >= 15 is 0 Å². The van der Waals surface area contributed by atoms with Gasteiger partial charge in [-0.3, -0.25) is 4.68 Å². The number of aromatic nitrogens is 2. The summed E-state index contributed by atoms with van der Waals surface area (Å²) in [6.07, 6.45) is 0. The minimum absolute atomic E-state index is 0.207. The second kappa shape index (κ2) is 7.13. The van der Waals surface area contributed by atoms with Gasteiger partial charge in [-0.25, -0.2) is 4.79 Å². The molecular formula is C14H11Cl2N3O3S. The first-order chi connectivity index (χ1) is 10.8. The zero-order valence-electron chi connectivity index (χ0n) is 12.1. The van der Waals surface area contributed by atoms with Gasteiger partial charge in [-0.05, 0) is 19.1 Å². The number of aryl methyl sites for hydroxylation is 2. The molecule has 0 aliphatic rings. The number of halogens is 2. The number of hydrogen-bond donors (Lipinski definition) is 1. The summed E-state index contributed by atoms with van der Waals surface area (Å²) in [6.45, 7) is 1.23. The highest BCUT2D eigenvalue weighted by molar-refractivity contribution is 7.99. The van der Waals surface area contributed by atoms with E-state index in [1.165, 1.54) is 17.8 Å². The monoisotopic (exact) mass is 371 g/mol. The molecule has 1 N–H and O–H groups in total. The Bertz CT molecular complexity index is 815. The van der Waals surface area contributed by atoms with Gasteiger partial charge in [-0.1, -0.05) is 35.0 Å². The number of nitrogens with zero attached hydrogens (tertiary/aromatic N) is 3. The Morgan fingerprint density at radius 3 is 2.78 bits per heavy atom. The highest BCUT2D eigenvalue weighted by atomic mass is 35.5. The first-order valence-electron chi connectivity index (χ1n) is 6.28. The van der Waals surface area contributed by atoms with Crippen LogP contribution in [0.2, 0.25) is 10.0 Å². The zero-order valence-corrected chi connectivity index (χ0v) is 14.5. The SMILES string of the molecule is Cc1nn(C)c(Sc2cc(OCC(=O)O)c(Cl)cc2Cl)c1C#N. The number of ether oxygens (including phenoxy) is 1. The Morgan fingerprint density at radius 2 is 2.17 bits per heavy atom. The van der Waals surface area contributed by atoms with Crippen LogP contribution in [0.4, 0.5) is 0 Å².